The molecule has 0 bridgehead atoms. The summed E-state index contributed by atoms with van der Waals surface area (Å²) >= 11 is 3.36. The lowest BCUT2D eigenvalue weighted by Crippen LogP contribution is -2.23. The molecule has 2 unspecified atom stereocenters. The second-order valence-corrected chi connectivity index (χ2v) is 6.76. The summed E-state index contributed by atoms with van der Waals surface area (Å²) in [6.07, 6.45) is 1.01. The van der Waals surface area contributed by atoms with Crippen LogP contribution in [0.4, 0.5) is 0 Å². The highest BCUT2D eigenvalue weighted by molar-refractivity contribution is 8.01. The lowest BCUT2D eigenvalue weighted by atomic mass is 10.0. The van der Waals surface area contributed by atoms with Gasteiger partial charge in [0.2, 0.25) is 0 Å². The first-order chi connectivity index (χ1) is 8.70. The Hall–Kier alpha value is -0.910. The van der Waals surface area contributed by atoms with Gasteiger partial charge in [-0.05, 0) is 18.9 Å². The van der Waals surface area contributed by atoms with Crippen LogP contribution in [0.1, 0.15) is 30.0 Å². The Balaban J connectivity index is 2.09. The molecule has 5 heteroatoms. The Morgan fingerprint density at radius 3 is 2.56 bits per heavy atom. The molecular formula is C13H17N3S2. The summed E-state index contributed by atoms with van der Waals surface area (Å²) in [4.78, 5) is 0. The predicted octanol–water partition coefficient (Wildman–Crippen LogP) is 3.42. The molecule has 1 heterocycles. The molecule has 1 aromatic heterocycles. The molecule has 0 aliphatic rings. The number of hydrogen-bond donors (Lipinski definition) is 1. The van der Waals surface area contributed by atoms with Gasteiger partial charge in [-0.25, -0.2) is 0 Å². The van der Waals surface area contributed by atoms with Crippen molar-refractivity contribution in [2.45, 2.75) is 35.9 Å². The fourth-order valence-electron chi connectivity index (χ4n) is 1.76. The van der Waals surface area contributed by atoms with E-state index in [1.54, 1.807) is 23.1 Å². The Morgan fingerprint density at radius 2 is 2.00 bits per heavy atom. The van der Waals surface area contributed by atoms with Crippen molar-refractivity contribution in [1.29, 1.82) is 0 Å². The van der Waals surface area contributed by atoms with Gasteiger partial charge in [0.1, 0.15) is 5.01 Å². The zero-order chi connectivity index (χ0) is 13.0. The number of benzene rings is 1. The maximum Gasteiger partial charge on any atom is 0.174 e. The van der Waals surface area contributed by atoms with Gasteiger partial charge in [-0.15, -0.1) is 10.2 Å². The van der Waals surface area contributed by atoms with E-state index in [4.69, 9.17) is 5.73 Å². The molecule has 96 valence electrons. The minimum absolute atomic E-state index is 0.0328. The quantitative estimate of drug-likeness (QED) is 0.852. The monoisotopic (exact) mass is 279 g/mol. The first-order valence-corrected chi connectivity index (χ1v) is 7.67. The van der Waals surface area contributed by atoms with Gasteiger partial charge >= 0.3 is 0 Å². The number of rotatable bonds is 5. The Morgan fingerprint density at radius 1 is 1.28 bits per heavy atom. The molecule has 1 aromatic carbocycles. The second-order valence-electron chi connectivity index (χ2n) is 4.09. The van der Waals surface area contributed by atoms with Gasteiger partial charge in [-0.3, -0.25) is 0 Å². The fourth-order valence-corrected chi connectivity index (χ4v) is 3.91. The molecule has 18 heavy (non-hydrogen) atoms. The number of nitrogens with zero attached hydrogens (tertiary/aromatic N) is 2. The number of thioether (sulfide) groups is 1. The Labute approximate surface area is 116 Å². The van der Waals surface area contributed by atoms with Crippen LogP contribution in [0.25, 0.3) is 0 Å². The van der Waals surface area contributed by atoms with E-state index in [0.29, 0.717) is 5.25 Å². The van der Waals surface area contributed by atoms with Crippen LogP contribution >= 0.6 is 23.1 Å². The minimum atomic E-state index is 0.0328. The summed E-state index contributed by atoms with van der Waals surface area (Å²) in [5.41, 5.74) is 7.52. The van der Waals surface area contributed by atoms with Crippen molar-refractivity contribution in [3.8, 4) is 0 Å². The molecule has 0 amide bonds. The fraction of sp³-hybridized carbons (Fsp3) is 0.385. The normalized spacial score (nSPS) is 14.4. The summed E-state index contributed by atoms with van der Waals surface area (Å²) in [6.45, 7) is 4.13. The van der Waals surface area contributed by atoms with Crippen LogP contribution in [0.3, 0.4) is 0 Å². The molecule has 2 aromatic rings. The zero-order valence-electron chi connectivity index (χ0n) is 10.5. The Bertz CT molecular complexity index is 484. The SMILES string of the molecule is CCC(Sc1nnc(C)s1)C(N)c1ccccc1. The number of aromatic nitrogens is 2. The largest absolute Gasteiger partial charge is 0.323 e. The smallest absolute Gasteiger partial charge is 0.174 e. The van der Waals surface area contributed by atoms with E-state index in [2.05, 4.69) is 29.3 Å². The van der Waals surface area contributed by atoms with Crippen molar-refractivity contribution in [2.24, 2.45) is 5.73 Å². The molecule has 0 saturated heterocycles. The lowest BCUT2D eigenvalue weighted by molar-refractivity contribution is 0.656. The van der Waals surface area contributed by atoms with Crippen molar-refractivity contribution in [3.63, 3.8) is 0 Å². The van der Waals surface area contributed by atoms with Gasteiger partial charge in [0.25, 0.3) is 0 Å². The molecule has 2 N–H and O–H groups in total. The summed E-state index contributed by atoms with van der Waals surface area (Å²) in [5.74, 6) is 0. The standard InChI is InChI=1S/C13H17N3S2/c1-3-11(18-13-16-15-9(2)17-13)12(14)10-7-5-4-6-8-10/h4-8,11-12H,3,14H2,1-2H3. The van der Waals surface area contributed by atoms with Crippen LogP contribution < -0.4 is 5.73 Å². The van der Waals surface area contributed by atoms with Gasteiger partial charge in [0.15, 0.2) is 4.34 Å². The third-order valence-electron chi connectivity index (χ3n) is 2.75. The van der Waals surface area contributed by atoms with Crippen LogP contribution in [0, 0.1) is 6.92 Å². The van der Waals surface area contributed by atoms with Crippen LogP contribution in [-0.2, 0) is 0 Å². The van der Waals surface area contributed by atoms with E-state index in [1.807, 2.05) is 25.1 Å². The molecule has 0 radical (unpaired) electrons. The molecule has 0 aliphatic carbocycles. The van der Waals surface area contributed by atoms with E-state index in [9.17, 15) is 0 Å². The molecule has 2 atom stereocenters. The molecule has 0 saturated carbocycles. The molecular weight excluding hydrogens is 262 g/mol. The summed E-state index contributed by atoms with van der Waals surface area (Å²) in [6, 6.07) is 10.3. The van der Waals surface area contributed by atoms with Crippen LogP contribution in [0.5, 0.6) is 0 Å². The maximum atomic E-state index is 6.34. The molecule has 0 spiro atoms. The predicted molar refractivity (Wildman–Crippen MR) is 78.0 cm³/mol. The number of nitrogens with two attached hydrogens (primary N) is 1. The molecule has 3 nitrogen and oxygen atoms in total. The maximum absolute atomic E-state index is 6.34. The van der Waals surface area contributed by atoms with E-state index >= 15 is 0 Å². The number of aryl methyl sites for hydroxylation is 1. The van der Waals surface area contributed by atoms with E-state index in [-0.39, 0.29) is 6.04 Å². The Kier molecular flexibility index (Phi) is 4.74. The molecule has 2 rings (SSSR count). The van der Waals surface area contributed by atoms with Gasteiger partial charge in [-0.1, -0.05) is 60.4 Å². The van der Waals surface area contributed by atoms with Crippen molar-refractivity contribution >= 4 is 23.1 Å². The number of hydrogen-bond acceptors (Lipinski definition) is 5. The first-order valence-electron chi connectivity index (χ1n) is 5.98. The average Bonchev–Trinajstić information content (AvgIpc) is 2.82. The van der Waals surface area contributed by atoms with Crippen molar-refractivity contribution in [3.05, 3.63) is 40.9 Å². The van der Waals surface area contributed by atoms with Gasteiger partial charge in [0, 0.05) is 11.3 Å². The summed E-state index contributed by atoms with van der Waals surface area (Å²) in [7, 11) is 0. The van der Waals surface area contributed by atoms with Crippen LogP contribution in [-0.4, -0.2) is 15.4 Å². The van der Waals surface area contributed by atoms with Crippen LogP contribution in [0.15, 0.2) is 34.7 Å². The van der Waals surface area contributed by atoms with Gasteiger partial charge in [-0.2, -0.15) is 0 Å². The topological polar surface area (TPSA) is 51.8 Å². The summed E-state index contributed by atoms with van der Waals surface area (Å²) < 4.78 is 1.01. The highest BCUT2D eigenvalue weighted by Crippen LogP contribution is 2.34. The van der Waals surface area contributed by atoms with Gasteiger partial charge < -0.3 is 5.73 Å². The minimum Gasteiger partial charge on any atom is -0.323 e. The van der Waals surface area contributed by atoms with E-state index in [0.717, 1.165) is 15.8 Å². The lowest BCUT2D eigenvalue weighted by Gasteiger charge is -2.21. The highest BCUT2D eigenvalue weighted by Gasteiger charge is 2.20. The summed E-state index contributed by atoms with van der Waals surface area (Å²) in [5, 5.41) is 9.53. The van der Waals surface area contributed by atoms with Crippen molar-refractivity contribution in [1.82, 2.24) is 10.2 Å². The highest BCUT2D eigenvalue weighted by atomic mass is 32.2. The van der Waals surface area contributed by atoms with Crippen molar-refractivity contribution < 1.29 is 0 Å². The third-order valence-corrected chi connectivity index (χ3v) is 5.13. The average molecular weight is 279 g/mol. The van der Waals surface area contributed by atoms with Crippen molar-refractivity contribution in [2.75, 3.05) is 0 Å². The zero-order valence-corrected chi connectivity index (χ0v) is 12.2. The second kappa shape index (κ2) is 6.31. The van der Waals surface area contributed by atoms with E-state index in [1.165, 1.54) is 5.56 Å². The molecule has 0 aliphatic heterocycles. The van der Waals surface area contributed by atoms with Crippen LogP contribution in [0.2, 0.25) is 0 Å². The van der Waals surface area contributed by atoms with E-state index < -0.39 is 0 Å². The van der Waals surface area contributed by atoms with Gasteiger partial charge in [0.05, 0.1) is 0 Å². The third kappa shape index (κ3) is 3.31. The first kappa shape index (κ1) is 13.5. The molecule has 0 fully saturated rings.